The zero-order valence-electron chi connectivity index (χ0n) is 17.9. The molecule has 0 atom stereocenters. The number of esters is 1. The van der Waals surface area contributed by atoms with E-state index in [1.54, 1.807) is 47.4 Å². The molecule has 0 unspecified atom stereocenters. The highest BCUT2D eigenvalue weighted by molar-refractivity contribution is 6.14. The molecule has 0 saturated carbocycles. The molecule has 0 aliphatic carbocycles. The Labute approximate surface area is 185 Å². The number of pyridine rings is 1. The number of hydrogen-bond acceptors (Lipinski definition) is 6. The molecular formula is C24H24N4O4. The first-order valence-corrected chi connectivity index (χ1v) is 10.4. The van der Waals surface area contributed by atoms with Gasteiger partial charge in [-0.25, -0.2) is 9.78 Å². The summed E-state index contributed by atoms with van der Waals surface area (Å²) < 4.78 is 12.3. The molecule has 3 heterocycles. The fourth-order valence-electron chi connectivity index (χ4n) is 3.51. The lowest BCUT2D eigenvalue weighted by molar-refractivity contribution is 0.0590. The number of ether oxygens (including phenoxy) is 1. The summed E-state index contributed by atoms with van der Waals surface area (Å²) in [4.78, 5) is 30.4. The van der Waals surface area contributed by atoms with E-state index in [2.05, 4.69) is 22.5 Å². The molecule has 8 nitrogen and oxygen atoms in total. The average molecular weight is 432 g/mol. The predicted molar refractivity (Wildman–Crippen MR) is 122 cm³/mol. The maximum Gasteiger partial charge on any atom is 0.356 e. The van der Waals surface area contributed by atoms with Crippen molar-refractivity contribution < 1.29 is 18.7 Å². The van der Waals surface area contributed by atoms with Crippen LogP contribution in [-0.4, -0.2) is 35.1 Å². The lowest BCUT2D eigenvalue weighted by atomic mass is 10.2. The van der Waals surface area contributed by atoms with Crippen molar-refractivity contribution in [3.63, 3.8) is 0 Å². The average Bonchev–Trinajstić information content (AvgIpc) is 3.44. The number of carbonyl (C=O) groups is 2. The van der Waals surface area contributed by atoms with Crippen molar-refractivity contribution in [1.82, 2.24) is 9.55 Å². The third-order valence-electron chi connectivity index (χ3n) is 5.02. The Balaban J connectivity index is 1.88. The lowest BCUT2D eigenvalue weighted by Gasteiger charge is -2.10. The molecule has 0 radical (unpaired) electrons. The van der Waals surface area contributed by atoms with Crippen molar-refractivity contribution in [2.24, 2.45) is 0 Å². The van der Waals surface area contributed by atoms with E-state index in [0.717, 1.165) is 18.7 Å². The van der Waals surface area contributed by atoms with Gasteiger partial charge >= 0.3 is 5.97 Å². The highest BCUT2D eigenvalue weighted by atomic mass is 16.5. The van der Waals surface area contributed by atoms with E-state index in [1.165, 1.54) is 7.11 Å². The van der Waals surface area contributed by atoms with Crippen molar-refractivity contribution in [1.29, 1.82) is 0 Å². The number of fused-ring (bicyclic) bond motifs is 1. The van der Waals surface area contributed by atoms with Crippen LogP contribution in [0.15, 0.2) is 65.4 Å². The SMILES string of the molecule is CCCNc1cnc2c(c1)c(NC(=O)c1ccccc1)c(C(=O)OC)n2Cc1ccco1. The molecule has 32 heavy (non-hydrogen) atoms. The van der Waals surface area contributed by atoms with E-state index >= 15 is 0 Å². The second kappa shape index (κ2) is 9.38. The molecule has 0 spiro atoms. The number of aromatic nitrogens is 2. The third kappa shape index (κ3) is 4.20. The van der Waals surface area contributed by atoms with Gasteiger partial charge < -0.3 is 24.4 Å². The minimum atomic E-state index is -0.582. The van der Waals surface area contributed by atoms with Gasteiger partial charge in [-0.1, -0.05) is 25.1 Å². The summed E-state index contributed by atoms with van der Waals surface area (Å²) in [7, 11) is 1.31. The van der Waals surface area contributed by atoms with E-state index in [-0.39, 0.29) is 18.1 Å². The molecule has 4 aromatic rings. The van der Waals surface area contributed by atoms with Crippen molar-refractivity contribution in [2.45, 2.75) is 19.9 Å². The molecule has 2 N–H and O–H groups in total. The topological polar surface area (TPSA) is 98.4 Å². The highest BCUT2D eigenvalue weighted by Crippen LogP contribution is 2.33. The van der Waals surface area contributed by atoms with Crippen LogP contribution < -0.4 is 10.6 Å². The van der Waals surface area contributed by atoms with Crippen LogP contribution in [-0.2, 0) is 11.3 Å². The minimum Gasteiger partial charge on any atom is -0.467 e. The minimum absolute atomic E-state index is 0.198. The molecule has 164 valence electrons. The van der Waals surface area contributed by atoms with Gasteiger partial charge in [-0.05, 0) is 36.8 Å². The number of carbonyl (C=O) groups excluding carboxylic acids is 2. The van der Waals surface area contributed by atoms with Crippen molar-refractivity contribution >= 4 is 34.3 Å². The molecule has 8 heteroatoms. The number of amides is 1. The number of anilines is 2. The molecule has 4 rings (SSSR count). The number of benzene rings is 1. The zero-order chi connectivity index (χ0) is 22.5. The maximum atomic E-state index is 13.0. The predicted octanol–water partition coefficient (Wildman–Crippen LogP) is 4.54. The van der Waals surface area contributed by atoms with E-state index in [9.17, 15) is 9.59 Å². The molecule has 0 aliphatic rings. The molecule has 1 amide bonds. The van der Waals surface area contributed by atoms with Crippen LogP contribution in [0, 0.1) is 0 Å². The maximum absolute atomic E-state index is 13.0. The second-order valence-electron chi connectivity index (χ2n) is 7.22. The summed E-state index contributed by atoms with van der Waals surface area (Å²) in [5, 5.41) is 6.83. The summed E-state index contributed by atoms with van der Waals surface area (Å²) in [6.07, 6.45) is 4.22. The standard InChI is InChI=1S/C24H24N4O4/c1-3-11-25-17-13-19-20(27-23(29)16-8-5-4-6-9-16)21(24(30)31-2)28(22(19)26-14-17)15-18-10-7-12-32-18/h4-10,12-14,25H,3,11,15H2,1-2H3,(H,27,29). The lowest BCUT2D eigenvalue weighted by Crippen LogP contribution is -2.17. The van der Waals surface area contributed by atoms with Crippen LogP contribution in [0.2, 0.25) is 0 Å². The quantitative estimate of drug-likeness (QED) is 0.397. The second-order valence-corrected chi connectivity index (χ2v) is 7.22. The summed E-state index contributed by atoms with van der Waals surface area (Å²) in [6.45, 7) is 3.10. The van der Waals surface area contributed by atoms with Gasteiger partial charge in [0.15, 0.2) is 5.69 Å². The third-order valence-corrected chi connectivity index (χ3v) is 5.02. The van der Waals surface area contributed by atoms with E-state index in [1.807, 2.05) is 18.2 Å². The van der Waals surface area contributed by atoms with Crippen LogP contribution in [0.5, 0.6) is 0 Å². The summed E-state index contributed by atoms with van der Waals surface area (Å²) in [5.41, 5.74) is 2.35. The Bertz CT molecular complexity index is 1230. The van der Waals surface area contributed by atoms with E-state index < -0.39 is 5.97 Å². The van der Waals surface area contributed by atoms with Crippen LogP contribution >= 0.6 is 0 Å². The van der Waals surface area contributed by atoms with Crippen molar-refractivity contribution in [2.75, 3.05) is 24.3 Å². The first-order valence-electron chi connectivity index (χ1n) is 10.4. The highest BCUT2D eigenvalue weighted by Gasteiger charge is 2.27. The van der Waals surface area contributed by atoms with Gasteiger partial charge in [0.1, 0.15) is 11.4 Å². The smallest absolute Gasteiger partial charge is 0.356 e. The van der Waals surface area contributed by atoms with E-state index in [0.29, 0.717) is 28.0 Å². The molecule has 3 aromatic heterocycles. The van der Waals surface area contributed by atoms with Gasteiger partial charge in [0.2, 0.25) is 0 Å². The number of rotatable bonds is 8. The van der Waals surface area contributed by atoms with Gasteiger partial charge in [0.25, 0.3) is 5.91 Å². The van der Waals surface area contributed by atoms with Crippen LogP contribution in [0.3, 0.4) is 0 Å². The van der Waals surface area contributed by atoms with Crippen LogP contribution in [0.4, 0.5) is 11.4 Å². The first-order chi connectivity index (χ1) is 15.6. The first kappa shape index (κ1) is 21.2. The Morgan fingerprint density at radius 2 is 1.97 bits per heavy atom. The Hall–Kier alpha value is -4.07. The van der Waals surface area contributed by atoms with Crippen molar-refractivity contribution in [3.8, 4) is 0 Å². The fraction of sp³-hybridized carbons (Fsp3) is 0.208. The number of nitrogens with zero attached hydrogens (tertiary/aromatic N) is 2. The molecule has 1 aromatic carbocycles. The zero-order valence-corrected chi connectivity index (χ0v) is 17.9. The van der Waals surface area contributed by atoms with Gasteiger partial charge in [0, 0.05) is 17.5 Å². The molecular weight excluding hydrogens is 408 g/mol. The number of furan rings is 1. The molecule has 0 fully saturated rings. The normalized spacial score (nSPS) is 10.8. The summed E-state index contributed by atoms with van der Waals surface area (Å²) in [6, 6.07) is 14.3. The Morgan fingerprint density at radius 1 is 1.16 bits per heavy atom. The largest absolute Gasteiger partial charge is 0.467 e. The molecule has 0 aliphatic heterocycles. The number of methoxy groups -OCH3 is 1. The molecule has 0 saturated heterocycles. The van der Waals surface area contributed by atoms with Gasteiger partial charge in [-0.15, -0.1) is 0 Å². The summed E-state index contributed by atoms with van der Waals surface area (Å²) >= 11 is 0. The van der Waals surface area contributed by atoms with E-state index in [4.69, 9.17) is 9.15 Å². The molecule has 0 bridgehead atoms. The van der Waals surface area contributed by atoms with Crippen LogP contribution in [0.1, 0.15) is 40.0 Å². The van der Waals surface area contributed by atoms with Gasteiger partial charge in [0.05, 0.1) is 37.5 Å². The van der Waals surface area contributed by atoms with Gasteiger partial charge in [-0.2, -0.15) is 0 Å². The Kier molecular flexibility index (Phi) is 6.21. The monoisotopic (exact) mass is 432 g/mol. The van der Waals surface area contributed by atoms with Crippen molar-refractivity contribution in [3.05, 3.63) is 78.0 Å². The Morgan fingerprint density at radius 3 is 2.66 bits per heavy atom. The van der Waals surface area contributed by atoms with Gasteiger partial charge in [-0.3, -0.25) is 4.79 Å². The fourth-order valence-corrected chi connectivity index (χ4v) is 3.51. The number of hydrogen-bond donors (Lipinski definition) is 2. The van der Waals surface area contributed by atoms with Crippen LogP contribution in [0.25, 0.3) is 11.0 Å². The summed E-state index contributed by atoms with van der Waals surface area (Å²) in [5.74, 6) is -0.274. The number of nitrogens with one attached hydrogen (secondary N) is 2.